The molecule has 3 aromatic carbocycles. The minimum absolute atomic E-state index is 0.252. The van der Waals surface area contributed by atoms with Crippen LogP contribution in [0.2, 0.25) is 0 Å². The molecule has 7 heteroatoms. The Hall–Kier alpha value is -3.94. The summed E-state index contributed by atoms with van der Waals surface area (Å²) in [5, 5.41) is 7.68. The van der Waals surface area contributed by atoms with Gasteiger partial charge in [0.15, 0.2) is 5.69 Å². The summed E-state index contributed by atoms with van der Waals surface area (Å²) in [4.78, 5) is 15.6. The topological polar surface area (TPSA) is 68.6 Å². The minimum Gasteiger partial charge on any atom is -0.497 e. The van der Waals surface area contributed by atoms with E-state index in [0.717, 1.165) is 66.8 Å². The number of amides is 1. The zero-order valence-corrected chi connectivity index (χ0v) is 19.7. The maximum absolute atomic E-state index is 13.2. The highest BCUT2D eigenvalue weighted by Crippen LogP contribution is 2.26. The molecule has 1 fully saturated rings. The van der Waals surface area contributed by atoms with Crippen molar-refractivity contribution in [2.45, 2.75) is 6.54 Å². The number of carbonyl (C=O) groups excluding carboxylic acids is 1. The van der Waals surface area contributed by atoms with Crippen LogP contribution < -0.4 is 10.1 Å². The van der Waals surface area contributed by atoms with Crippen molar-refractivity contribution in [1.29, 1.82) is 0 Å². The van der Waals surface area contributed by atoms with E-state index in [4.69, 9.17) is 9.47 Å². The Bertz CT molecular complexity index is 1280. The van der Waals surface area contributed by atoms with Gasteiger partial charge in [-0.15, -0.1) is 0 Å². The molecule has 0 saturated carbocycles. The highest BCUT2D eigenvalue weighted by atomic mass is 16.5. The molecule has 0 aliphatic carbocycles. The summed E-state index contributed by atoms with van der Waals surface area (Å²) >= 11 is 0. The van der Waals surface area contributed by atoms with E-state index in [1.54, 1.807) is 11.8 Å². The molecule has 0 bridgehead atoms. The summed E-state index contributed by atoms with van der Waals surface area (Å²) in [6.07, 6.45) is 0. The van der Waals surface area contributed by atoms with Crippen LogP contribution in [-0.2, 0) is 11.3 Å². The molecule has 5 rings (SSSR count). The van der Waals surface area contributed by atoms with Gasteiger partial charge in [0, 0.05) is 30.9 Å². The molecular weight excluding hydrogens is 440 g/mol. The average molecular weight is 469 g/mol. The molecule has 1 aliphatic rings. The van der Waals surface area contributed by atoms with Gasteiger partial charge < -0.3 is 14.8 Å². The van der Waals surface area contributed by atoms with E-state index >= 15 is 0 Å². The number of methoxy groups -OCH3 is 1. The number of aromatic nitrogens is 2. The van der Waals surface area contributed by atoms with Crippen molar-refractivity contribution in [3.8, 4) is 22.7 Å². The van der Waals surface area contributed by atoms with Crippen LogP contribution in [0.3, 0.4) is 0 Å². The second kappa shape index (κ2) is 10.5. The average Bonchev–Trinajstić information content (AvgIpc) is 3.36. The first-order valence-corrected chi connectivity index (χ1v) is 11.7. The third-order valence-corrected chi connectivity index (χ3v) is 6.02. The van der Waals surface area contributed by atoms with Crippen molar-refractivity contribution in [2.75, 3.05) is 38.7 Å². The second-order valence-corrected chi connectivity index (χ2v) is 8.43. The van der Waals surface area contributed by atoms with Gasteiger partial charge in [0.05, 0.1) is 31.7 Å². The lowest BCUT2D eigenvalue weighted by atomic mass is 10.1. The highest BCUT2D eigenvalue weighted by Gasteiger charge is 2.18. The van der Waals surface area contributed by atoms with Crippen LogP contribution in [0.4, 0.5) is 5.69 Å². The highest BCUT2D eigenvalue weighted by molar-refractivity contribution is 6.03. The summed E-state index contributed by atoms with van der Waals surface area (Å²) in [6, 6.07) is 27.3. The van der Waals surface area contributed by atoms with Gasteiger partial charge in [-0.3, -0.25) is 9.69 Å². The monoisotopic (exact) mass is 468 g/mol. The van der Waals surface area contributed by atoms with Crippen molar-refractivity contribution < 1.29 is 14.3 Å². The maximum atomic E-state index is 13.2. The Kier molecular flexibility index (Phi) is 6.88. The molecule has 7 nitrogen and oxygen atoms in total. The fourth-order valence-corrected chi connectivity index (χ4v) is 4.19. The lowest BCUT2D eigenvalue weighted by Gasteiger charge is -2.26. The molecule has 35 heavy (non-hydrogen) atoms. The third-order valence-electron chi connectivity index (χ3n) is 6.02. The Morgan fingerprint density at radius 1 is 0.971 bits per heavy atom. The lowest BCUT2D eigenvalue weighted by Crippen LogP contribution is -2.35. The number of nitrogens with one attached hydrogen (secondary N) is 1. The van der Waals surface area contributed by atoms with Gasteiger partial charge >= 0.3 is 0 Å². The van der Waals surface area contributed by atoms with Crippen LogP contribution in [0, 0.1) is 0 Å². The quantitative estimate of drug-likeness (QED) is 0.428. The molecule has 1 saturated heterocycles. The Morgan fingerprint density at radius 2 is 1.74 bits per heavy atom. The number of hydrogen-bond donors (Lipinski definition) is 1. The van der Waals surface area contributed by atoms with Gasteiger partial charge in [-0.1, -0.05) is 30.3 Å². The summed E-state index contributed by atoms with van der Waals surface area (Å²) in [7, 11) is 1.64. The van der Waals surface area contributed by atoms with Crippen LogP contribution >= 0.6 is 0 Å². The molecule has 0 atom stereocenters. The van der Waals surface area contributed by atoms with E-state index in [2.05, 4.69) is 21.4 Å². The number of benzene rings is 3. The molecule has 4 aromatic rings. The predicted molar refractivity (Wildman–Crippen MR) is 136 cm³/mol. The SMILES string of the molecule is COc1ccc(-c2cc(C(=O)Nc3cccc(CN4CCOCC4)c3)nn2-c2ccccc2)cc1. The second-order valence-electron chi connectivity index (χ2n) is 8.43. The van der Waals surface area contributed by atoms with Gasteiger partial charge in [0.1, 0.15) is 5.75 Å². The van der Waals surface area contributed by atoms with Crippen molar-refractivity contribution >= 4 is 11.6 Å². The number of hydrogen-bond acceptors (Lipinski definition) is 5. The number of para-hydroxylation sites is 1. The molecule has 0 spiro atoms. The molecule has 1 aromatic heterocycles. The van der Waals surface area contributed by atoms with E-state index in [9.17, 15) is 4.79 Å². The first kappa shape index (κ1) is 22.8. The maximum Gasteiger partial charge on any atom is 0.276 e. The van der Waals surface area contributed by atoms with Gasteiger partial charge in [0.2, 0.25) is 0 Å². The Morgan fingerprint density at radius 3 is 2.49 bits per heavy atom. The van der Waals surface area contributed by atoms with Gasteiger partial charge in [0.25, 0.3) is 5.91 Å². The van der Waals surface area contributed by atoms with Crippen LogP contribution in [0.1, 0.15) is 16.1 Å². The van der Waals surface area contributed by atoms with Crippen molar-refractivity contribution in [3.63, 3.8) is 0 Å². The fourth-order valence-electron chi connectivity index (χ4n) is 4.19. The first-order chi connectivity index (χ1) is 17.2. The van der Waals surface area contributed by atoms with Gasteiger partial charge in [-0.25, -0.2) is 4.68 Å². The van der Waals surface area contributed by atoms with E-state index in [-0.39, 0.29) is 5.91 Å². The molecule has 0 unspecified atom stereocenters. The van der Waals surface area contributed by atoms with Crippen LogP contribution in [0.5, 0.6) is 5.75 Å². The summed E-state index contributed by atoms with van der Waals surface area (Å²) in [6.45, 7) is 4.19. The van der Waals surface area contributed by atoms with Crippen molar-refractivity contribution in [2.24, 2.45) is 0 Å². The number of morpholine rings is 1. The third kappa shape index (κ3) is 5.42. The van der Waals surface area contributed by atoms with E-state index in [1.807, 2.05) is 78.9 Å². The standard InChI is InChI=1S/C28H28N4O3/c1-34-25-12-10-22(11-13-25)27-19-26(30-32(27)24-8-3-2-4-9-24)28(33)29-23-7-5-6-21(18-23)20-31-14-16-35-17-15-31/h2-13,18-19H,14-17,20H2,1H3,(H,29,33). The molecule has 178 valence electrons. The first-order valence-electron chi connectivity index (χ1n) is 11.7. The zero-order valence-electron chi connectivity index (χ0n) is 19.7. The number of ether oxygens (including phenoxy) is 2. The molecule has 2 heterocycles. The minimum atomic E-state index is -0.252. The molecular formula is C28H28N4O3. The van der Waals surface area contributed by atoms with E-state index in [0.29, 0.717) is 5.69 Å². The largest absolute Gasteiger partial charge is 0.497 e. The molecule has 1 aliphatic heterocycles. The zero-order chi connectivity index (χ0) is 24.0. The van der Waals surface area contributed by atoms with Gasteiger partial charge in [-0.2, -0.15) is 5.10 Å². The van der Waals surface area contributed by atoms with E-state index < -0.39 is 0 Å². The van der Waals surface area contributed by atoms with E-state index in [1.165, 1.54) is 0 Å². The molecule has 1 amide bonds. The summed E-state index contributed by atoms with van der Waals surface area (Å²) < 4.78 is 12.5. The van der Waals surface area contributed by atoms with Gasteiger partial charge in [-0.05, 0) is 60.2 Å². The Balaban J connectivity index is 1.40. The van der Waals surface area contributed by atoms with Crippen LogP contribution in [0.15, 0.2) is 84.9 Å². The predicted octanol–water partition coefficient (Wildman–Crippen LogP) is 4.63. The number of anilines is 1. The van der Waals surface area contributed by atoms with Crippen molar-refractivity contribution in [3.05, 3.63) is 96.2 Å². The fraction of sp³-hybridized carbons (Fsp3) is 0.214. The lowest BCUT2D eigenvalue weighted by molar-refractivity contribution is 0.0342. The summed E-state index contributed by atoms with van der Waals surface area (Å²) in [5.74, 6) is 0.521. The summed E-state index contributed by atoms with van der Waals surface area (Å²) in [5.41, 5.74) is 4.89. The Labute approximate surface area is 204 Å². The van der Waals surface area contributed by atoms with Crippen LogP contribution in [-0.4, -0.2) is 54.0 Å². The molecule has 0 radical (unpaired) electrons. The van der Waals surface area contributed by atoms with Crippen molar-refractivity contribution in [1.82, 2.24) is 14.7 Å². The smallest absolute Gasteiger partial charge is 0.276 e. The normalized spacial score (nSPS) is 14.0. The number of nitrogens with zero attached hydrogens (tertiary/aromatic N) is 3. The molecule has 1 N–H and O–H groups in total. The number of carbonyl (C=O) groups is 1. The number of rotatable bonds is 7. The van der Waals surface area contributed by atoms with Crippen LogP contribution in [0.25, 0.3) is 16.9 Å².